The first kappa shape index (κ1) is 13.5. The number of hydrogen-bond acceptors (Lipinski definition) is 2. The summed E-state index contributed by atoms with van der Waals surface area (Å²) >= 11 is 1.78. The molecule has 0 unspecified atom stereocenters. The lowest BCUT2D eigenvalue weighted by molar-refractivity contribution is 0.0696. The first-order valence-corrected chi connectivity index (χ1v) is 7.70. The monoisotopic (exact) mass is 264 g/mol. The Labute approximate surface area is 113 Å². The van der Waals surface area contributed by atoms with Crippen LogP contribution in [0.15, 0.2) is 29.2 Å². The normalized spacial score (nSPS) is 16.7. The third-order valence-electron chi connectivity index (χ3n) is 3.60. The molecule has 1 aromatic rings. The summed E-state index contributed by atoms with van der Waals surface area (Å²) in [5.41, 5.74) is 0.387. The lowest BCUT2D eigenvalue weighted by atomic mass is 9.88. The second-order valence-corrected chi connectivity index (χ2v) is 6.14. The summed E-state index contributed by atoms with van der Waals surface area (Å²) < 4.78 is 0. The summed E-state index contributed by atoms with van der Waals surface area (Å²) in [6.07, 6.45) is 8.23. The van der Waals surface area contributed by atoms with Crippen LogP contribution in [0.4, 0.5) is 0 Å². The second-order valence-electron chi connectivity index (χ2n) is 4.97. The smallest absolute Gasteiger partial charge is 0.335 e. The molecule has 18 heavy (non-hydrogen) atoms. The molecule has 0 aromatic heterocycles. The third kappa shape index (κ3) is 4.05. The SMILES string of the molecule is O=C(O)c1cccc(SCCC2CCCCC2)c1. The van der Waals surface area contributed by atoms with Gasteiger partial charge in [0.05, 0.1) is 5.56 Å². The van der Waals surface area contributed by atoms with Crippen molar-refractivity contribution in [2.24, 2.45) is 5.92 Å². The van der Waals surface area contributed by atoms with E-state index in [0.29, 0.717) is 5.56 Å². The summed E-state index contributed by atoms with van der Waals surface area (Å²) in [5.74, 6) is 1.16. The van der Waals surface area contributed by atoms with Crippen LogP contribution >= 0.6 is 11.8 Å². The summed E-state index contributed by atoms with van der Waals surface area (Å²) in [7, 11) is 0. The van der Waals surface area contributed by atoms with Gasteiger partial charge in [0.1, 0.15) is 0 Å². The Hall–Kier alpha value is -0.960. The van der Waals surface area contributed by atoms with Gasteiger partial charge in [-0.3, -0.25) is 0 Å². The van der Waals surface area contributed by atoms with E-state index < -0.39 is 5.97 Å². The van der Waals surface area contributed by atoms with Crippen molar-refractivity contribution in [3.05, 3.63) is 29.8 Å². The summed E-state index contributed by atoms with van der Waals surface area (Å²) in [4.78, 5) is 11.9. The number of hydrogen-bond donors (Lipinski definition) is 1. The molecule has 0 amide bonds. The Bertz CT molecular complexity index is 397. The van der Waals surface area contributed by atoms with Crippen LogP contribution in [0, 0.1) is 5.92 Å². The van der Waals surface area contributed by atoms with Crippen LogP contribution in [0.25, 0.3) is 0 Å². The highest BCUT2D eigenvalue weighted by molar-refractivity contribution is 7.99. The molecule has 0 atom stereocenters. The van der Waals surface area contributed by atoms with Gasteiger partial charge in [-0.2, -0.15) is 0 Å². The summed E-state index contributed by atoms with van der Waals surface area (Å²) in [6.45, 7) is 0. The van der Waals surface area contributed by atoms with Crippen molar-refractivity contribution >= 4 is 17.7 Å². The third-order valence-corrected chi connectivity index (χ3v) is 4.63. The Morgan fingerprint density at radius 1 is 1.28 bits per heavy atom. The van der Waals surface area contributed by atoms with E-state index in [0.717, 1.165) is 16.6 Å². The molecular formula is C15H20O2S. The van der Waals surface area contributed by atoms with E-state index in [-0.39, 0.29) is 0 Å². The number of aromatic carboxylic acids is 1. The Balaban J connectivity index is 1.78. The molecule has 2 rings (SSSR count). The van der Waals surface area contributed by atoms with Gasteiger partial charge in [0, 0.05) is 4.90 Å². The first-order valence-electron chi connectivity index (χ1n) is 6.72. The number of benzene rings is 1. The Kier molecular flexibility index (Phi) is 5.12. The van der Waals surface area contributed by atoms with Crippen LogP contribution in [-0.2, 0) is 0 Å². The van der Waals surface area contributed by atoms with Gasteiger partial charge in [0.2, 0.25) is 0 Å². The highest BCUT2D eigenvalue weighted by Crippen LogP contribution is 2.29. The first-order chi connectivity index (χ1) is 8.75. The quantitative estimate of drug-likeness (QED) is 0.798. The van der Waals surface area contributed by atoms with E-state index in [9.17, 15) is 4.79 Å². The molecule has 1 aromatic carbocycles. The van der Waals surface area contributed by atoms with Crippen LogP contribution in [0.5, 0.6) is 0 Å². The lowest BCUT2D eigenvalue weighted by Crippen LogP contribution is -2.06. The molecule has 1 fully saturated rings. The molecule has 0 spiro atoms. The highest BCUT2D eigenvalue weighted by atomic mass is 32.2. The molecule has 0 bridgehead atoms. The van der Waals surface area contributed by atoms with Gasteiger partial charge in [-0.05, 0) is 36.3 Å². The Morgan fingerprint density at radius 2 is 2.06 bits per heavy atom. The largest absolute Gasteiger partial charge is 0.478 e. The molecule has 1 aliphatic rings. The molecule has 98 valence electrons. The van der Waals surface area contributed by atoms with E-state index in [1.165, 1.54) is 38.5 Å². The minimum Gasteiger partial charge on any atom is -0.478 e. The van der Waals surface area contributed by atoms with E-state index in [1.54, 1.807) is 23.9 Å². The molecule has 0 radical (unpaired) electrons. The molecule has 2 nitrogen and oxygen atoms in total. The maximum absolute atomic E-state index is 10.9. The van der Waals surface area contributed by atoms with Gasteiger partial charge in [0.15, 0.2) is 0 Å². The number of rotatable bonds is 5. The zero-order valence-corrected chi connectivity index (χ0v) is 11.4. The van der Waals surface area contributed by atoms with Crippen LogP contribution in [0.3, 0.4) is 0 Å². The van der Waals surface area contributed by atoms with Gasteiger partial charge < -0.3 is 5.11 Å². The average molecular weight is 264 g/mol. The van der Waals surface area contributed by atoms with Gasteiger partial charge in [0.25, 0.3) is 0 Å². The number of thioether (sulfide) groups is 1. The maximum Gasteiger partial charge on any atom is 0.335 e. The molecule has 1 saturated carbocycles. The fourth-order valence-corrected chi connectivity index (χ4v) is 3.61. The van der Waals surface area contributed by atoms with Crippen molar-refractivity contribution in [2.45, 2.75) is 43.4 Å². The number of carboxylic acid groups (broad SMARTS) is 1. The summed E-state index contributed by atoms with van der Waals surface area (Å²) in [6, 6.07) is 7.24. The van der Waals surface area contributed by atoms with Crippen LogP contribution in [0.2, 0.25) is 0 Å². The van der Waals surface area contributed by atoms with Gasteiger partial charge in [-0.15, -0.1) is 11.8 Å². The van der Waals surface area contributed by atoms with Crippen LogP contribution in [0.1, 0.15) is 48.9 Å². The minimum atomic E-state index is -0.843. The van der Waals surface area contributed by atoms with Crippen molar-refractivity contribution < 1.29 is 9.90 Å². The van der Waals surface area contributed by atoms with Gasteiger partial charge >= 0.3 is 5.97 Å². The van der Waals surface area contributed by atoms with Crippen molar-refractivity contribution in [2.75, 3.05) is 5.75 Å². The van der Waals surface area contributed by atoms with Crippen molar-refractivity contribution in [3.63, 3.8) is 0 Å². The van der Waals surface area contributed by atoms with Gasteiger partial charge in [-0.25, -0.2) is 4.79 Å². The van der Waals surface area contributed by atoms with Crippen molar-refractivity contribution in [1.82, 2.24) is 0 Å². The van der Waals surface area contributed by atoms with E-state index >= 15 is 0 Å². The molecule has 0 aliphatic heterocycles. The number of carbonyl (C=O) groups is 1. The predicted molar refractivity (Wildman–Crippen MR) is 75.3 cm³/mol. The maximum atomic E-state index is 10.9. The highest BCUT2D eigenvalue weighted by Gasteiger charge is 2.13. The second kappa shape index (κ2) is 6.83. The van der Waals surface area contributed by atoms with E-state index in [2.05, 4.69) is 0 Å². The molecule has 1 N–H and O–H groups in total. The molecule has 3 heteroatoms. The molecule has 0 saturated heterocycles. The molecular weight excluding hydrogens is 244 g/mol. The predicted octanol–water partition coefficient (Wildman–Crippen LogP) is 4.45. The minimum absolute atomic E-state index is 0.387. The standard InChI is InChI=1S/C15H20O2S/c16-15(17)13-7-4-8-14(11-13)18-10-9-12-5-2-1-3-6-12/h4,7-8,11-12H,1-3,5-6,9-10H2,(H,16,17). The Morgan fingerprint density at radius 3 is 2.78 bits per heavy atom. The lowest BCUT2D eigenvalue weighted by Gasteiger charge is -2.21. The molecule has 0 heterocycles. The average Bonchev–Trinajstić information content (AvgIpc) is 2.40. The molecule has 1 aliphatic carbocycles. The van der Waals surface area contributed by atoms with Crippen molar-refractivity contribution in [3.8, 4) is 0 Å². The fourth-order valence-electron chi connectivity index (χ4n) is 2.54. The summed E-state index contributed by atoms with van der Waals surface area (Å²) in [5, 5.41) is 8.93. The number of carboxylic acids is 1. The zero-order valence-electron chi connectivity index (χ0n) is 10.6. The van der Waals surface area contributed by atoms with Crippen LogP contribution < -0.4 is 0 Å². The van der Waals surface area contributed by atoms with E-state index in [1.807, 2.05) is 12.1 Å². The van der Waals surface area contributed by atoms with Crippen molar-refractivity contribution in [1.29, 1.82) is 0 Å². The topological polar surface area (TPSA) is 37.3 Å². The van der Waals surface area contributed by atoms with E-state index in [4.69, 9.17) is 5.11 Å². The van der Waals surface area contributed by atoms with Crippen LogP contribution in [-0.4, -0.2) is 16.8 Å². The van der Waals surface area contributed by atoms with Gasteiger partial charge in [-0.1, -0.05) is 38.2 Å². The zero-order chi connectivity index (χ0) is 12.8. The fraction of sp³-hybridized carbons (Fsp3) is 0.533.